The fourth-order valence-corrected chi connectivity index (χ4v) is 3.12. The van der Waals surface area contributed by atoms with Gasteiger partial charge in [0.25, 0.3) is 0 Å². The third-order valence-corrected chi connectivity index (χ3v) is 4.47. The van der Waals surface area contributed by atoms with Crippen LogP contribution in [-0.4, -0.2) is 17.1 Å². The molecule has 1 aromatic carbocycles. The predicted octanol–water partition coefficient (Wildman–Crippen LogP) is 4.60. The molecule has 2 rings (SSSR count). The maximum absolute atomic E-state index is 12.5. The van der Waals surface area contributed by atoms with Crippen molar-refractivity contribution >= 4 is 5.97 Å². The molecule has 2 aromatic rings. The van der Waals surface area contributed by atoms with Crippen molar-refractivity contribution < 1.29 is 9.53 Å². The van der Waals surface area contributed by atoms with E-state index in [2.05, 4.69) is 39.0 Å². The number of hydrogen-bond donors (Lipinski definition) is 0. The summed E-state index contributed by atoms with van der Waals surface area (Å²) in [5, 5.41) is 9.71. The van der Waals surface area contributed by atoms with Gasteiger partial charge in [-0.3, -0.25) is 0 Å². The zero-order chi connectivity index (χ0) is 18.8. The van der Waals surface area contributed by atoms with Crippen molar-refractivity contribution in [2.45, 2.75) is 46.5 Å². The highest BCUT2D eigenvalue weighted by molar-refractivity contribution is 5.98. The quantitative estimate of drug-likeness (QED) is 0.766. The summed E-state index contributed by atoms with van der Waals surface area (Å²) in [4.78, 5) is 12.5. The van der Waals surface area contributed by atoms with Gasteiger partial charge in [-0.1, -0.05) is 52.0 Å². The van der Waals surface area contributed by atoms with E-state index < -0.39 is 5.97 Å². The van der Waals surface area contributed by atoms with Crippen LogP contribution >= 0.6 is 0 Å². The van der Waals surface area contributed by atoms with Crippen LogP contribution in [0.4, 0.5) is 0 Å². The van der Waals surface area contributed by atoms with E-state index in [1.54, 1.807) is 11.5 Å². The van der Waals surface area contributed by atoms with E-state index in [4.69, 9.17) is 4.74 Å². The van der Waals surface area contributed by atoms with Crippen molar-refractivity contribution in [2.75, 3.05) is 6.61 Å². The fourth-order valence-electron chi connectivity index (χ4n) is 3.12. The molecule has 0 aliphatic rings. The van der Waals surface area contributed by atoms with Gasteiger partial charge in [0.1, 0.15) is 11.8 Å². The number of hydrogen-bond acceptors (Lipinski definition) is 3. The molecule has 25 heavy (non-hydrogen) atoms. The number of ether oxygens (including phenoxy) is 1. The lowest BCUT2D eigenvalue weighted by Gasteiger charge is -2.19. The number of nitriles is 1. The molecule has 4 heteroatoms. The minimum absolute atomic E-state index is 0.0474. The van der Waals surface area contributed by atoms with Crippen molar-refractivity contribution in [1.82, 2.24) is 4.57 Å². The van der Waals surface area contributed by atoms with Gasteiger partial charge >= 0.3 is 5.97 Å². The molecule has 0 saturated heterocycles. The maximum Gasteiger partial charge on any atom is 0.355 e. The standard InChI is InChI=1S/C21H26N2O2/c1-7-17-16(13-22)18(19(23(17)6)20(24)25-8-2)14-9-11-15(12-10-14)21(3,4)5/h9-12H,7-8H2,1-6H3. The second-order valence-electron chi connectivity index (χ2n) is 7.12. The third-order valence-electron chi connectivity index (χ3n) is 4.47. The second-order valence-corrected chi connectivity index (χ2v) is 7.12. The average molecular weight is 338 g/mol. The first-order valence-electron chi connectivity index (χ1n) is 8.65. The Labute approximate surface area is 150 Å². The smallest absolute Gasteiger partial charge is 0.355 e. The summed E-state index contributed by atoms with van der Waals surface area (Å²) in [7, 11) is 1.82. The zero-order valence-corrected chi connectivity index (χ0v) is 15.9. The van der Waals surface area contributed by atoms with Gasteiger partial charge in [0.05, 0.1) is 12.2 Å². The van der Waals surface area contributed by atoms with Crippen LogP contribution in [0, 0.1) is 11.3 Å². The minimum Gasteiger partial charge on any atom is -0.461 e. The molecule has 0 aliphatic heterocycles. The fraction of sp³-hybridized carbons (Fsp3) is 0.429. The molecule has 0 radical (unpaired) electrons. The molecular weight excluding hydrogens is 312 g/mol. The molecule has 0 spiro atoms. The molecule has 0 amide bonds. The number of carbonyl (C=O) groups excluding carboxylic acids is 1. The van der Waals surface area contributed by atoms with Crippen molar-refractivity contribution in [2.24, 2.45) is 7.05 Å². The van der Waals surface area contributed by atoms with Gasteiger partial charge in [-0.2, -0.15) is 5.26 Å². The highest BCUT2D eigenvalue weighted by Gasteiger charge is 2.27. The van der Waals surface area contributed by atoms with Crippen molar-refractivity contribution in [3.63, 3.8) is 0 Å². The van der Waals surface area contributed by atoms with Crippen molar-refractivity contribution in [3.8, 4) is 17.2 Å². The molecule has 4 nitrogen and oxygen atoms in total. The highest BCUT2D eigenvalue weighted by Crippen LogP contribution is 2.34. The van der Waals surface area contributed by atoms with E-state index in [1.165, 1.54) is 5.56 Å². The summed E-state index contributed by atoms with van der Waals surface area (Å²) in [5.74, 6) is -0.393. The van der Waals surface area contributed by atoms with Crippen LogP contribution in [0.15, 0.2) is 24.3 Å². The van der Waals surface area contributed by atoms with Gasteiger partial charge < -0.3 is 9.30 Å². The summed E-state index contributed by atoms with van der Waals surface area (Å²) < 4.78 is 7.03. The van der Waals surface area contributed by atoms with Crippen LogP contribution in [0.3, 0.4) is 0 Å². The van der Waals surface area contributed by atoms with Crippen LogP contribution in [0.5, 0.6) is 0 Å². The number of carbonyl (C=O) groups is 1. The molecule has 1 heterocycles. The number of nitrogens with zero attached hydrogens (tertiary/aromatic N) is 2. The Hall–Kier alpha value is -2.54. The van der Waals surface area contributed by atoms with Crippen LogP contribution in [-0.2, 0) is 23.6 Å². The van der Waals surface area contributed by atoms with Crippen molar-refractivity contribution in [3.05, 3.63) is 46.8 Å². The minimum atomic E-state index is -0.393. The first-order valence-corrected chi connectivity index (χ1v) is 8.65. The molecule has 132 valence electrons. The number of rotatable bonds is 4. The maximum atomic E-state index is 12.5. The van der Waals surface area contributed by atoms with E-state index in [1.807, 2.05) is 26.1 Å². The Bertz CT molecular complexity index is 816. The summed E-state index contributed by atoms with van der Waals surface area (Å²) >= 11 is 0. The topological polar surface area (TPSA) is 55.0 Å². The van der Waals surface area contributed by atoms with E-state index in [0.29, 0.717) is 29.8 Å². The average Bonchev–Trinajstić information content (AvgIpc) is 2.86. The van der Waals surface area contributed by atoms with Gasteiger partial charge in [-0.15, -0.1) is 0 Å². The number of aromatic nitrogens is 1. The van der Waals surface area contributed by atoms with E-state index in [-0.39, 0.29) is 5.41 Å². The molecule has 0 unspecified atom stereocenters. The highest BCUT2D eigenvalue weighted by atomic mass is 16.5. The van der Waals surface area contributed by atoms with E-state index in [0.717, 1.165) is 11.3 Å². The first kappa shape index (κ1) is 18.8. The van der Waals surface area contributed by atoms with Gasteiger partial charge in [0.15, 0.2) is 0 Å². The Kier molecular flexibility index (Phi) is 5.37. The molecule has 0 aliphatic carbocycles. The molecule has 0 bridgehead atoms. The summed E-state index contributed by atoms with van der Waals surface area (Å²) in [6.45, 7) is 10.5. The Morgan fingerprint density at radius 1 is 1.20 bits per heavy atom. The van der Waals surface area contributed by atoms with Gasteiger partial charge in [-0.05, 0) is 29.9 Å². The lowest BCUT2D eigenvalue weighted by Crippen LogP contribution is -2.12. The van der Waals surface area contributed by atoms with E-state index in [9.17, 15) is 10.1 Å². The van der Waals surface area contributed by atoms with Gasteiger partial charge in [0, 0.05) is 18.3 Å². The Balaban J connectivity index is 2.71. The lowest BCUT2D eigenvalue weighted by molar-refractivity contribution is 0.0516. The van der Waals surface area contributed by atoms with E-state index >= 15 is 0 Å². The molecule has 0 N–H and O–H groups in total. The Morgan fingerprint density at radius 2 is 1.80 bits per heavy atom. The lowest BCUT2D eigenvalue weighted by atomic mass is 9.86. The van der Waals surface area contributed by atoms with Crippen LogP contribution in [0.1, 0.15) is 61.9 Å². The SMILES string of the molecule is CCOC(=O)c1c(-c2ccc(C(C)(C)C)cc2)c(C#N)c(CC)n1C. The molecule has 0 saturated carbocycles. The zero-order valence-electron chi connectivity index (χ0n) is 15.9. The predicted molar refractivity (Wildman–Crippen MR) is 99.6 cm³/mol. The van der Waals surface area contributed by atoms with Gasteiger partial charge in [-0.25, -0.2) is 4.79 Å². The van der Waals surface area contributed by atoms with Crippen LogP contribution in [0.25, 0.3) is 11.1 Å². The number of benzene rings is 1. The molecular formula is C21H26N2O2. The normalized spacial score (nSPS) is 11.2. The van der Waals surface area contributed by atoms with Crippen LogP contribution < -0.4 is 0 Å². The monoisotopic (exact) mass is 338 g/mol. The third kappa shape index (κ3) is 3.46. The largest absolute Gasteiger partial charge is 0.461 e. The first-order chi connectivity index (χ1) is 11.8. The molecule has 1 aromatic heterocycles. The summed E-state index contributed by atoms with van der Waals surface area (Å²) in [6.07, 6.45) is 0.672. The second kappa shape index (κ2) is 7.14. The van der Waals surface area contributed by atoms with Crippen molar-refractivity contribution in [1.29, 1.82) is 5.26 Å². The summed E-state index contributed by atoms with van der Waals surface area (Å²) in [6, 6.07) is 10.4. The molecule has 0 fully saturated rings. The Morgan fingerprint density at radius 3 is 2.24 bits per heavy atom. The van der Waals surface area contributed by atoms with Crippen LogP contribution in [0.2, 0.25) is 0 Å². The molecule has 0 atom stereocenters. The van der Waals surface area contributed by atoms with Gasteiger partial charge in [0.2, 0.25) is 0 Å². The summed E-state index contributed by atoms with van der Waals surface area (Å²) in [5.41, 5.74) is 4.63. The number of esters is 1.